The predicted molar refractivity (Wildman–Crippen MR) is 116 cm³/mol. The SMILES string of the molecule is COC(=O)C1=C(C(=O)c2ccc([N+](=O)[O-])cc2)[C@@H](c2ccc(OC)cc2OC)n2nnnc2N1. The van der Waals surface area contributed by atoms with Crippen LogP contribution in [0.3, 0.4) is 0 Å². The Bertz CT molecular complexity index is 1320. The van der Waals surface area contributed by atoms with Crippen molar-refractivity contribution in [3.05, 3.63) is 75.0 Å². The quantitative estimate of drug-likeness (QED) is 0.234. The Balaban J connectivity index is 1.95. The number of nitro benzene ring substituents is 1. The number of carbonyl (C=O) groups excluding carboxylic acids is 2. The lowest BCUT2D eigenvalue weighted by Gasteiger charge is -2.29. The molecule has 174 valence electrons. The number of ketones is 1. The van der Waals surface area contributed by atoms with E-state index in [2.05, 4.69) is 20.8 Å². The summed E-state index contributed by atoms with van der Waals surface area (Å²) in [4.78, 5) is 36.9. The number of tetrazole rings is 1. The average molecular weight is 466 g/mol. The van der Waals surface area contributed by atoms with Crippen LogP contribution in [0.25, 0.3) is 0 Å². The van der Waals surface area contributed by atoms with Crippen LogP contribution < -0.4 is 14.8 Å². The van der Waals surface area contributed by atoms with Gasteiger partial charge in [-0.25, -0.2) is 4.79 Å². The summed E-state index contributed by atoms with van der Waals surface area (Å²) in [7, 11) is 4.12. The number of methoxy groups -OCH3 is 3. The highest BCUT2D eigenvalue weighted by molar-refractivity contribution is 6.15. The van der Waals surface area contributed by atoms with Crippen molar-refractivity contribution in [2.45, 2.75) is 6.04 Å². The molecule has 1 aliphatic heterocycles. The van der Waals surface area contributed by atoms with Crippen molar-refractivity contribution in [1.82, 2.24) is 20.2 Å². The molecule has 0 unspecified atom stereocenters. The van der Waals surface area contributed by atoms with E-state index in [1.165, 1.54) is 50.3 Å². The number of nitrogens with one attached hydrogen (secondary N) is 1. The number of fused-ring (bicyclic) bond motifs is 1. The zero-order valence-electron chi connectivity index (χ0n) is 18.2. The highest BCUT2D eigenvalue weighted by Gasteiger charge is 2.40. The number of hydrogen-bond donors (Lipinski definition) is 1. The number of carbonyl (C=O) groups is 2. The molecule has 0 saturated heterocycles. The highest BCUT2D eigenvalue weighted by Crippen LogP contribution is 2.41. The van der Waals surface area contributed by atoms with Crippen LogP contribution in [-0.4, -0.2) is 58.2 Å². The predicted octanol–water partition coefficient (Wildman–Crippen LogP) is 1.92. The first-order chi connectivity index (χ1) is 16.4. The lowest BCUT2D eigenvalue weighted by Crippen LogP contribution is -2.33. The monoisotopic (exact) mass is 466 g/mol. The van der Waals surface area contributed by atoms with Gasteiger partial charge in [0.15, 0.2) is 5.78 Å². The van der Waals surface area contributed by atoms with Gasteiger partial charge in [-0.2, -0.15) is 4.68 Å². The molecule has 0 radical (unpaired) electrons. The summed E-state index contributed by atoms with van der Waals surface area (Å²) in [6, 6.07) is 8.96. The van der Waals surface area contributed by atoms with Gasteiger partial charge in [-0.1, -0.05) is 5.10 Å². The molecule has 0 amide bonds. The summed E-state index contributed by atoms with van der Waals surface area (Å²) in [5.74, 6) is -0.454. The third-order valence-corrected chi connectivity index (χ3v) is 5.23. The highest BCUT2D eigenvalue weighted by atomic mass is 16.6. The molecular weight excluding hydrogens is 448 g/mol. The van der Waals surface area contributed by atoms with E-state index in [0.29, 0.717) is 17.1 Å². The maximum absolute atomic E-state index is 13.7. The Morgan fingerprint density at radius 3 is 2.44 bits per heavy atom. The summed E-state index contributed by atoms with van der Waals surface area (Å²) < 4.78 is 17.0. The van der Waals surface area contributed by atoms with Crippen molar-refractivity contribution >= 4 is 23.4 Å². The Hall–Kier alpha value is -4.81. The zero-order valence-corrected chi connectivity index (χ0v) is 18.2. The summed E-state index contributed by atoms with van der Waals surface area (Å²) in [5, 5.41) is 25.3. The molecule has 4 rings (SSSR count). The molecule has 13 heteroatoms. The van der Waals surface area contributed by atoms with Crippen LogP contribution in [0, 0.1) is 10.1 Å². The van der Waals surface area contributed by atoms with Gasteiger partial charge in [0.2, 0.25) is 5.95 Å². The molecule has 1 atom stereocenters. The molecule has 1 N–H and O–H groups in total. The summed E-state index contributed by atoms with van der Waals surface area (Å²) in [6.45, 7) is 0. The Morgan fingerprint density at radius 2 is 1.82 bits per heavy atom. The molecule has 3 aromatic rings. The van der Waals surface area contributed by atoms with E-state index in [1.807, 2.05) is 0 Å². The van der Waals surface area contributed by atoms with Crippen molar-refractivity contribution < 1.29 is 28.7 Å². The third kappa shape index (κ3) is 3.79. The molecule has 34 heavy (non-hydrogen) atoms. The molecule has 0 bridgehead atoms. The lowest BCUT2D eigenvalue weighted by atomic mass is 9.88. The fraction of sp³-hybridized carbons (Fsp3) is 0.190. The van der Waals surface area contributed by atoms with E-state index in [0.717, 1.165) is 0 Å². The minimum absolute atomic E-state index is 0.0380. The molecule has 1 aromatic heterocycles. The van der Waals surface area contributed by atoms with Crippen LogP contribution >= 0.6 is 0 Å². The first-order valence-electron chi connectivity index (χ1n) is 9.78. The number of rotatable bonds is 7. The van der Waals surface area contributed by atoms with Crippen LogP contribution in [0.5, 0.6) is 11.5 Å². The Labute approximate surface area is 192 Å². The normalized spacial score (nSPS) is 14.6. The van der Waals surface area contributed by atoms with Crippen LogP contribution in [0.2, 0.25) is 0 Å². The number of nitro groups is 1. The second kappa shape index (κ2) is 8.97. The first-order valence-corrected chi connectivity index (χ1v) is 9.78. The smallest absolute Gasteiger partial charge is 0.355 e. The number of benzene rings is 2. The molecule has 0 saturated carbocycles. The van der Waals surface area contributed by atoms with E-state index in [-0.39, 0.29) is 28.5 Å². The van der Waals surface area contributed by atoms with Gasteiger partial charge in [0, 0.05) is 29.3 Å². The van der Waals surface area contributed by atoms with Crippen molar-refractivity contribution in [3.8, 4) is 11.5 Å². The number of allylic oxidation sites excluding steroid dienone is 1. The summed E-state index contributed by atoms with van der Waals surface area (Å²) >= 11 is 0. The number of esters is 1. The number of hydrogen-bond acceptors (Lipinski definition) is 11. The van der Waals surface area contributed by atoms with Gasteiger partial charge in [-0.05, 0) is 34.7 Å². The summed E-state index contributed by atoms with van der Waals surface area (Å²) in [6.07, 6.45) is 0. The molecule has 13 nitrogen and oxygen atoms in total. The average Bonchev–Trinajstić information content (AvgIpc) is 3.34. The van der Waals surface area contributed by atoms with Crippen molar-refractivity contribution in [2.24, 2.45) is 0 Å². The van der Waals surface area contributed by atoms with E-state index in [4.69, 9.17) is 14.2 Å². The van der Waals surface area contributed by atoms with Gasteiger partial charge in [0.05, 0.1) is 31.8 Å². The van der Waals surface area contributed by atoms with Crippen LogP contribution in [0.1, 0.15) is 22.0 Å². The Kier molecular flexibility index (Phi) is 5.91. The Morgan fingerprint density at radius 1 is 1.09 bits per heavy atom. The van der Waals surface area contributed by atoms with Gasteiger partial charge >= 0.3 is 5.97 Å². The van der Waals surface area contributed by atoms with Crippen LogP contribution in [0.4, 0.5) is 11.6 Å². The second-order valence-corrected chi connectivity index (χ2v) is 7.00. The van der Waals surface area contributed by atoms with Gasteiger partial charge in [-0.15, -0.1) is 0 Å². The van der Waals surface area contributed by atoms with Crippen molar-refractivity contribution in [3.63, 3.8) is 0 Å². The zero-order chi connectivity index (χ0) is 24.4. The molecule has 0 spiro atoms. The number of ether oxygens (including phenoxy) is 3. The van der Waals surface area contributed by atoms with Crippen molar-refractivity contribution in [2.75, 3.05) is 26.6 Å². The number of Topliss-reactive ketones (excluding diaryl/α,β-unsaturated/α-hetero) is 1. The van der Waals surface area contributed by atoms with Gasteiger partial charge in [0.1, 0.15) is 23.2 Å². The first kappa shape index (κ1) is 22.4. The van der Waals surface area contributed by atoms with E-state index in [9.17, 15) is 19.7 Å². The molecule has 0 aliphatic carbocycles. The fourth-order valence-electron chi connectivity index (χ4n) is 3.61. The largest absolute Gasteiger partial charge is 0.497 e. The van der Waals surface area contributed by atoms with E-state index in [1.54, 1.807) is 18.2 Å². The maximum Gasteiger partial charge on any atom is 0.355 e. The van der Waals surface area contributed by atoms with Crippen LogP contribution in [0.15, 0.2) is 53.7 Å². The van der Waals surface area contributed by atoms with Crippen molar-refractivity contribution in [1.29, 1.82) is 0 Å². The van der Waals surface area contributed by atoms with E-state index >= 15 is 0 Å². The number of anilines is 1. The molecular formula is C21H18N6O7. The van der Waals surface area contributed by atoms with E-state index < -0.39 is 22.7 Å². The number of non-ortho nitro benzene ring substituents is 1. The second-order valence-electron chi connectivity index (χ2n) is 7.00. The minimum atomic E-state index is -0.996. The van der Waals surface area contributed by atoms with Crippen LogP contribution in [-0.2, 0) is 9.53 Å². The number of aromatic nitrogens is 4. The fourth-order valence-corrected chi connectivity index (χ4v) is 3.61. The lowest BCUT2D eigenvalue weighted by molar-refractivity contribution is -0.384. The third-order valence-electron chi connectivity index (χ3n) is 5.23. The molecule has 2 heterocycles. The minimum Gasteiger partial charge on any atom is -0.497 e. The molecule has 1 aliphatic rings. The topological polar surface area (TPSA) is 161 Å². The molecule has 0 fully saturated rings. The van der Waals surface area contributed by atoms with Gasteiger partial charge in [0.25, 0.3) is 5.69 Å². The van der Waals surface area contributed by atoms with Gasteiger partial charge < -0.3 is 19.5 Å². The summed E-state index contributed by atoms with van der Waals surface area (Å²) in [5.41, 5.74) is 0.180. The number of nitrogens with zero attached hydrogens (tertiary/aromatic N) is 5. The maximum atomic E-state index is 13.7. The van der Waals surface area contributed by atoms with Gasteiger partial charge in [-0.3, -0.25) is 14.9 Å². The standard InChI is InChI=1S/C21H18N6O7/c1-32-13-8-9-14(15(10-13)33-2)18-16(19(28)11-4-6-12(7-5-11)27(30)31)17(20(29)34-3)22-21-23-24-25-26(18)21/h4-10,18H,1-3H3,(H,22,23,25)/t18-/m1/s1. The molecule has 2 aromatic carbocycles.